The van der Waals surface area contributed by atoms with Gasteiger partial charge < -0.3 is 9.64 Å². The zero-order valence-corrected chi connectivity index (χ0v) is 8.77. The number of halogens is 3. The topological polar surface area (TPSA) is 29.5 Å². The van der Waals surface area contributed by atoms with Gasteiger partial charge >= 0.3 is 0 Å². The molecule has 0 aliphatic rings. The van der Waals surface area contributed by atoms with Gasteiger partial charge in [-0.3, -0.25) is 4.79 Å². The Labute approximate surface area is 87.0 Å². The van der Waals surface area contributed by atoms with Crippen molar-refractivity contribution in [1.82, 2.24) is 4.90 Å². The molecule has 0 saturated heterocycles. The quantitative estimate of drug-likeness (QED) is 0.617. The smallest absolute Gasteiger partial charge is 0.255 e. The lowest BCUT2D eigenvalue weighted by Crippen LogP contribution is -2.38. The van der Waals surface area contributed by atoms with E-state index in [1.54, 1.807) is 6.92 Å². The van der Waals surface area contributed by atoms with Crippen molar-refractivity contribution >= 4 is 17.5 Å². The van der Waals surface area contributed by atoms with Gasteiger partial charge in [-0.2, -0.15) is 0 Å². The molecule has 0 rings (SSSR count). The second-order valence-electron chi connectivity index (χ2n) is 2.56. The van der Waals surface area contributed by atoms with Crippen molar-refractivity contribution in [3.63, 3.8) is 0 Å². The third kappa shape index (κ3) is 6.10. The van der Waals surface area contributed by atoms with Crippen LogP contribution in [0.5, 0.6) is 0 Å². The molecule has 0 aromatic rings. The van der Waals surface area contributed by atoms with Crippen LogP contribution in [0.4, 0.5) is 8.78 Å². The highest BCUT2D eigenvalue weighted by atomic mass is 35.5. The van der Waals surface area contributed by atoms with Crippen LogP contribution in [0.3, 0.4) is 0 Å². The predicted molar refractivity (Wildman–Crippen MR) is 49.8 cm³/mol. The summed E-state index contributed by atoms with van der Waals surface area (Å²) in [5.74, 6) is -0.308. The first-order valence-corrected chi connectivity index (χ1v) is 4.84. The largest absolute Gasteiger partial charge is 0.372 e. The lowest BCUT2D eigenvalue weighted by molar-refractivity contribution is -0.137. The Balaban J connectivity index is 3.97. The Bertz CT molecular complexity index is 169. The van der Waals surface area contributed by atoms with Crippen LogP contribution >= 0.6 is 11.6 Å². The Morgan fingerprint density at radius 1 is 1.57 bits per heavy atom. The molecule has 1 amide bonds. The second kappa shape index (κ2) is 7.94. The second-order valence-corrected chi connectivity index (χ2v) is 2.93. The average Bonchev–Trinajstić information content (AvgIpc) is 2.13. The van der Waals surface area contributed by atoms with Gasteiger partial charge in [-0.25, -0.2) is 8.78 Å². The Morgan fingerprint density at radius 2 is 2.21 bits per heavy atom. The number of amides is 1. The Kier molecular flexibility index (Phi) is 7.70. The van der Waals surface area contributed by atoms with Crippen molar-refractivity contribution in [1.29, 1.82) is 0 Å². The van der Waals surface area contributed by atoms with Crippen LogP contribution in [0.25, 0.3) is 0 Å². The number of hydrogen-bond donors (Lipinski definition) is 0. The molecule has 0 aliphatic heterocycles. The minimum atomic E-state index is -2.54. The maximum absolute atomic E-state index is 12.0. The Morgan fingerprint density at radius 3 is 2.64 bits per heavy atom. The molecule has 0 spiro atoms. The number of nitrogens with zero attached hydrogens (tertiary/aromatic N) is 1. The molecule has 3 nitrogen and oxygen atoms in total. The standard InChI is InChI=1S/C8H14ClF2NO2/c1-2-14-6-8(13)12(4-3-9)5-7(10)11/h7H,2-6H2,1H3. The van der Waals surface area contributed by atoms with Crippen LogP contribution in [0.15, 0.2) is 0 Å². The summed E-state index contributed by atoms with van der Waals surface area (Å²) in [6, 6.07) is 0. The maximum atomic E-state index is 12.0. The molecule has 0 saturated carbocycles. The Hall–Kier alpha value is -0.420. The summed E-state index contributed by atoms with van der Waals surface area (Å²) in [7, 11) is 0. The summed E-state index contributed by atoms with van der Waals surface area (Å²) in [6.07, 6.45) is -2.54. The van der Waals surface area contributed by atoms with Gasteiger partial charge in [-0.15, -0.1) is 11.6 Å². The zero-order chi connectivity index (χ0) is 11.0. The number of rotatable bonds is 7. The molecular weight excluding hydrogens is 216 g/mol. The molecule has 0 aromatic carbocycles. The van der Waals surface area contributed by atoms with Crippen molar-refractivity contribution in [2.45, 2.75) is 13.3 Å². The first-order valence-electron chi connectivity index (χ1n) is 4.31. The van der Waals surface area contributed by atoms with E-state index in [9.17, 15) is 13.6 Å². The SMILES string of the molecule is CCOCC(=O)N(CCCl)CC(F)F. The third-order valence-electron chi connectivity index (χ3n) is 1.50. The molecule has 0 fully saturated rings. The van der Waals surface area contributed by atoms with E-state index < -0.39 is 18.9 Å². The molecule has 0 aliphatic carbocycles. The number of carbonyl (C=O) groups excluding carboxylic acids is 1. The number of carbonyl (C=O) groups is 1. The number of hydrogen-bond acceptors (Lipinski definition) is 2. The summed E-state index contributed by atoms with van der Waals surface area (Å²) in [6.45, 7) is 1.48. The van der Waals surface area contributed by atoms with Crippen molar-refractivity contribution in [2.24, 2.45) is 0 Å². The maximum Gasteiger partial charge on any atom is 0.255 e. The molecule has 84 valence electrons. The monoisotopic (exact) mass is 229 g/mol. The normalized spacial score (nSPS) is 10.6. The van der Waals surface area contributed by atoms with Gasteiger partial charge in [0.25, 0.3) is 6.43 Å². The van der Waals surface area contributed by atoms with Gasteiger partial charge in [-0.1, -0.05) is 0 Å². The van der Waals surface area contributed by atoms with Crippen LogP contribution in [-0.4, -0.2) is 49.4 Å². The van der Waals surface area contributed by atoms with Crippen molar-refractivity contribution in [2.75, 3.05) is 32.2 Å². The van der Waals surface area contributed by atoms with Crippen molar-refractivity contribution < 1.29 is 18.3 Å². The summed E-state index contributed by atoms with van der Waals surface area (Å²) in [4.78, 5) is 12.2. The van der Waals surface area contributed by atoms with E-state index in [4.69, 9.17) is 16.3 Å². The van der Waals surface area contributed by atoms with E-state index in [0.717, 1.165) is 4.90 Å². The molecule has 0 unspecified atom stereocenters. The third-order valence-corrected chi connectivity index (χ3v) is 1.66. The number of ether oxygens (including phenoxy) is 1. The fourth-order valence-electron chi connectivity index (χ4n) is 0.867. The summed E-state index contributed by atoms with van der Waals surface area (Å²) in [5.41, 5.74) is 0. The van der Waals surface area contributed by atoms with Crippen molar-refractivity contribution in [3.8, 4) is 0 Å². The van der Waals surface area contributed by atoms with E-state index in [1.807, 2.05) is 0 Å². The first kappa shape index (κ1) is 13.6. The van der Waals surface area contributed by atoms with Crippen LogP contribution < -0.4 is 0 Å². The van der Waals surface area contributed by atoms with Crippen LogP contribution in [0, 0.1) is 0 Å². The first-order chi connectivity index (χ1) is 6.61. The van der Waals surface area contributed by atoms with E-state index in [0.29, 0.717) is 6.61 Å². The lowest BCUT2D eigenvalue weighted by Gasteiger charge is -2.20. The minimum absolute atomic E-state index is 0.123. The zero-order valence-electron chi connectivity index (χ0n) is 8.01. The molecule has 0 aromatic heterocycles. The predicted octanol–water partition coefficient (Wildman–Crippen LogP) is 1.36. The molecule has 0 heterocycles. The summed E-state index contributed by atoms with van der Waals surface area (Å²) >= 11 is 5.38. The fraction of sp³-hybridized carbons (Fsp3) is 0.875. The van der Waals surface area contributed by atoms with Gasteiger partial charge in [0.15, 0.2) is 0 Å². The molecule has 0 atom stereocenters. The molecule has 6 heteroatoms. The highest BCUT2D eigenvalue weighted by Crippen LogP contribution is 2.00. The van der Waals surface area contributed by atoms with Gasteiger partial charge in [-0.05, 0) is 6.92 Å². The van der Waals surface area contributed by atoms with Crippen LogP contribution in [-0.2, 0) is 9.53 Å². The van der Waals surface area contributed by atoms with Crippen molar-refractivity contribution in [3.05, 3.63) is 0 Å². The fourth-order valence-corrected chi connectivity index (χ4v) is 1.07. The molecular formula is C8H14ClF2NO2. The molecule has 0 bridgehead atoms. The van der Waals surface area contributed by atoms with E-state index in [2.05, 4.69) is 0 Å². The summed E-state index contributed by atoms with van der Waals surface area (Å²) in [5, 5.41) is 0. The molecule has 14 heavy (non-hydrogen) atoms. The average molecular weight is 230 g/mol. The highest BCUT2D eigenvalue weighted by molar-refractivity contribution is 6.18. The highest BCUT2D eigenvalue weighted by Gasteiger charge is 2.17. The van der Waals surface area contributed by atoms with E-state index in [1.165, 1.54) is 0 Å². The molecule has 0 N–H and O–H groups in total. The van der Waals surface area contributed by atoms with Gasteiger partial charge in [0.1, 0.15) is 6.61 Å². The lowest BCUT2D eigenvalue weighted by atomic mass is 10.4. The molecule has 0 radical (unpaired) electrons. The van der Waals surface area contributed by atoms with E-state index >= 15 is 0 Å². The van der Waals surface area contributed by atoms with Gasteiger partial charge in [0.05, 0.1) is 6.54 Å². The van der Waals surface area contributed by atoms with Gasteiger partial charge in [0, 0.05) is 19.0 Å². The minimum Gasteiger partial charge on any atom is -0.372 e. The number of alkyl halides is 3. The van der Waals surface area contributed by atoms with E-state index in [-0.39, 0.29) is 19.0 Å². The van der Waals surface area contributed by atoms with Crippen LogP contribution in [0.1, 0.15) is 6.92 Å². The van der Waals surface area contributed by atoms with Gasteiger partial charge in [0.2, 0.25) is 5.91 Å². The summed E-state index contributed by atoms with van der Waals surface area (Å²) < 4.78 is 28.9. The van der Waals surface area contributed by atoms with Crippen LogP contribution in [0.2, 0.25) is 0 Å².